The Kier molecular flexibility index (Phi) is 6.90. The van der Waals surface area contributed by atoms with Gasteiger partial charge < -0.3 is 23.7 Å². The van der Waals surface area contributed by atoms with Gasteiger partial charge in [0.2, 0.25) is 12.1 Å². The Morgan fingerprint density at radius 3 is 1.94 bits per heavy atom. The molecule has 3 aromatic rings. The number of hydrogen-bond donors (Lipinski definition) is 0. The van der Waals surface area contributed by atoms with Crippen molar-refractivity contribution in [2.45, 2.75) is 44.1 Å². The van der Waals surface area contributed by atoms with Crippen LogP contribution in [-0.4, -0.2) is 37.0 Å². The van der Waals surface area contributed by atoms with Gasteiger partial charge in [-0.3, -0.25) is 4.79 Å². The molecule has 0 N–H and O–H groups in total. The third-order valence-electron chi connectivity index (χ3n) is 5.76. The van der Waals surface area contributed by atoms with Crippen LogP contribution in [0.15, 0.2) is 91.0 Å². The van der Waals surface area contributed by atoms with Gasteiger partial charge in [-0.25, -0.2) is 0 Å². The molecule has 0 aliphatic carbocycles. The van der Waals surface area contributed by atoms with E-state index >= 15 is 0 Å². The summed E-state index contributed by atoms with van der Waals surface area (Å²) < 4.78 is 30.1. The van der Waals surface area contributed by atoms with E-state index in [0.717, 1.165) is 16.7 Å². The fourth-order valence-corrected chi connectivity index (χ4v) is 4.04. The molecule has 170 valence electrons. The number of carbonyl (C=O) groups excluding carboxylic acids is 1. The van der Waals surface area contributed by atoms with Crippen LogP contribution in [0.25, 0.3) is 0 Å². The molecule has 2 saturated heterocycles. The number of ketones is 1. The maximum absolute atomic E-state index is 13.4. The molecule has 0 spiro atoms. The Balaban J connectivity index is 1.33. The summed E-state index contributed by atoms with van der Waals surface area (Å²) >= 11 is 0. The number of Topliss-reactive ketones (excluding diaryl/α,β-unsaturated/α-hetero) is 1. The largest absolute Gasteiger partial charge is 0.363 e. The van der Waals surface area contributed by atoms with Gasteiger partial charge in [-0.05, 0) is 11.1 Å². The first kappa shape index (κ1) is 21.9. The number of benzene rings is 3. The van der Waals surface area contributed by atoms with Crippen LogP contribution in [0.5, 0.6) is 0 Å². The molecular formula is C27H26O6. The van der Waals surface area contributed by atoms with Crippen LogP contribution >= 0.6 is 0 Å². The first-order valence-electron chi connectivity index (χ1n) is 11.1. The Bertz CT molecular complexity index is 1030. The number of ether oxygens (including phenoxy) is 5. The number of fused-ring (bicyclic) bond motifs is 1. The van der Waals surface area contributed by atoms with E-state index in [1.165, 1.54) is 0 Å². The molecule has 2 heterocycles. The molecule has 5 unspecified atom stereocenters. The van der Waals surface area contributed by atoms with Crippen molar-refractivity contribution in [1.82, 2.24) is 0 Å². The van der Waals surface area contributed by atoms with E-state index in [4.69, 9.17) is 23.7 Å². The molecule has 0 saturated carbocycles. The van der Waals surface area contributed by atoms with Crippen molar-refractivity contribution >= 4 is 5.78 Å². The summed E-state index contributed by atoms with van der Waals surface area (Å²) in [6, 6.07) is 29.1. The third-order valence-corrected chi connectivity index (χ3v) is 5.76. The minimum absolute atomic E-state index is 0.258. The SMILES string of the molecule is O=C1C(OCc2ccccc2)OC2COC(c3ccccc3)OC2C1OCc1ccccc1. The van der Waals surface area contributed by atoms with Gasteiger partial charge in [0.25, 0.3) is 0 Å². The Morgan fingerprint density at radius 1 is 0.727 bits per heavy atom. The van der Waals surface area contributed by atoms with E-state index in [1.54, 1.807) is 0 Å². The molecule has 5 atom stereocenters. The van der Waals surface area contributed by atoms with Gasteiger partial charge in [-0.1, -0.05) is 91.0 Å². The summed E-state index contributed by atoms with van der Waals surface area (Å²) in [5.74, 6) is -0.281. The second-order valence-corrected chi connectivity index (χ2v) is 8.10. The van der Waals surface area contributed by atoms with Crippen LogP contribution in [0.3, 0.4) is 0 Å². The first-order chi connectivity index (χ1) is 16.3. The average molecular weight is 446 g/mol. The highest BCUT2D eigenvalue weighted by atomic mass is 16.8. The zero-order chi connectivity index (χ0) is 22.5. The molecule has 0 radical (unpaired) electrons. The summed E-state index contributed by atoms with van der Waals surface area (Å²) in [5.41, 5.74) is 2.81. The molecule has 33 heavy (non-hydrogen) atoms. The number of rotatable bonds is 7. The van der Waals surface area contributed by atoms with E-state index in [-0.39, 0.29) is 25.6 Å². The van der Waals surface area contributed by atoms with Gasteiger partial charge in [0.1, 0.15) is 12.2 Å². The topological polar surface area (TPSA) is 63.2 Å². The highest BCUT2D eigenvalue weighted by molar-refractivity contribution is 5.87. The van der Waals surface area contributed by atoms with Crippen LogP contribution in [-0.2, 0) is 41.7 Å². The molecule has 0 bridgehead atoms. The van der Waals surface area contributed by atoms with E-state index in [0.29, 0.717) is 0 Å². The van der Waals surface area contributed by atoms with Crippen molar-refractivity contribution in [2.24, 2.45) is 0 Å². The fourth-order valence-electron chi connectivity index (χ4n) is 4.04. The number of carbonyl (C=O) groups is 1. The Morgan fingerprint density at radius 2 is 1.30 bits per heavy atom. The van der Waals surface area contributed by atoms with Crippen molar-refractivity contribution in [3.8, 4) is 0 Å². The normalized spacial score (nSPS) is 27.2. The monoisotopic (exact) mass is 446 g/mol. The van der Waals surface area contributed by atoms with Crippen molar-refractivity contribution < 1.29 is 28.5 Å². The van der Waals surface area contributed by atoms with Gasteiger partial charge in [0, 0.05) is 5.56 Å². The van der Waals surface area contributed by atoms with E-state index < -0.39 is 30.9 Å². The molecule has 6 nitrogen and oxygen atoms in total. The van der Waals surface area contributed by atoms with Crippen LogP contribution < -0.4 is 0 Å². The average Bonchev–Trinajstić information content (AvgIpc) is 2.88. The molecule has 2 aliphatic rings. The standard InChI is InChI=1S/C27H26O6/c28-23-25(29-16-19-10-4-1-5-11-19)24-22(18-31-26(33-24)21-14-8-3-9-15-21)32-27(23)30-17-20-12-6-2-7-13-20/h1-15,22,24-27H,16-18H2. The molecular weight excluding hydrogens is 420 g/mol. The maximum Gasteiger partial charge on any atom is 0.221 e. The fraction of sp³-hybridized carbons (Fsp3) is 0.296. The predicted molar refractivity (Wildman–Crippen MR) is 120 cm³/mol. The minimum Gasteiger partial charge on any atom is -0.363 e. The molecule has 2 aliphatic heterocycles. The molecule has 6 heteroatoms. The number of hydrogen-bond acceptors (Lipinski definition) is 6. The van der Waals surface area contributed by atoms with Gasteiger partial charge in [0.05, 0.1) is 19.8 Å². The van der Waals surface area contributed by atoms with E-state index in [2.05, 4.69) is 0 Å². The molecule has 0 amide bonds. The lowest BCUT2D eigenvalue weighted by atomic mass is 9.98. The third kappa shape index (κ3) is 5.21. The van der Waals surface area contributed by atoms with Crippen molar-refractivity contribution in [3.63, 3.8) is 0 Å². The summed E-state index contributed by atoms with van der Waals surface area (Å²) in [5, 5.41) is 0. The first-order valence-corrected chi connectivity index (χ1v) is 11.1. The van der Waals surface area contributed by atoms with Crippen LogP contribution in [0, 0.1) is 0 Å². The highest BCUT2D eigenvalue weighted by Crippen LogP contribution is 2.34. The quantitative estimate of drug-likeness (QED) is 0.542. The van der Waals surface area contributed by atoms with Crippen LogP contribution in [0.2, 0.25) is 0 Å². The van der Waals surface area contributed by atoms with E-state index in [1.807, 2.05) is 91.0 Å². The molecule has 2 fully saturated rings. The predicted octanol–water partition coefficient (Wildman–Crippen LogP) is 4.20. The van der Waals surface area contributed by atoms with Crippen molar-refractivity contribution in [1.29, 1.82) is 0 Å². The summed E-state index contributed by atoms with van der Waals surface area (Å²) in [6.07, 6.45) is -3.55. The molecule has 0 aromatic heterocycles. The van der Waals surface area contributed by atoms with Crippen molar-refractivity contribution in [3.05, 3.63) is 108 Å². The summed E-state index contributed by atoms with van der Waals surface area (Å²) in [4.78, 5) is 13.4. The zero-order valence-corrected chi connectivity index (χ0v) is 18.1. The second-order valence-electron chi connectivity index (χ2n) is 8.10. The lowest BCUT2D eigenvalue weighted by molar-refractivity contribution is -0.324. The zero-order valence-electron chi connectivity index (χ0n) is 18.1. The molecule has 3 aromatic carbocycles. The lowest BCUT2D eigenvalue weighted by Gasteiger charge is -2.44. The van der Waals surface area contributed by atoms with Gasteiger partial charge in [-0.2, -0.15) is 0 Å². The van der Waals surface area contributed by atoms with Gasteiger partial charge >= 0.3 is 0 Å². The van der Waals surface area contributed by atoms with Crippen LogP contribution in [0.1, 0.15) is 23.0 Å². The van der Waals surface area contributed by atoms with Crippen LogP contribution in [0.4, 0.5) is 0 Å². The Hall–Kier alpha value is -2.87. The van der Waals surface area contributed by atoms with Gasteiger partial charge in [0.15, 0.2) is 12.4 Å². The molecule has 5 rings (SSSR count). The highest BCUT2D eigenvalue weighted by Gasteiger charge is 2.50. The second kappa shape index (κ2) is 10.4. The summed E-state index contributed by atoms with van der Waals surface area (Å²) in [7, 11) is 0. The lowest BCUT2D eigenvalue weighted by Crippen LogP contribution is -2.61. The minimum atomic E-state index is -1.05. The summed E-state index contributed by atoms with van der Waals surface area (Å²) in [6.45, 7) is 0.814. The van der Waals surface area contributed by atoms with Gasteiger partial charge in [-0.15, -0.1) is 0 Å². The maximum atomic E-state index is 13.4. The smallest absolute Gasteiger partial charge is 0.221 e. The van der Waals surface area contributed by atoms with Crippen molar-refractivity contribution in [2.75, 3.05) is 6.61 Å². The Labute approximate surface area is 193 Å². The van der Waals surface area contributed by atoms with E-state index in [9.17, 15) is 4.79 Å².